The van der Waals surface area contributed by atoms with Gasteiger partial charge in [-0.3, -0.25) is 19.2 Å². The Hall–Kier alpha value is -5.77. The number of carbonyl (C=O) groups is 3. The molecule has 2 aromatic rings. The maximum Gasteiger partial charge on any atom is 0.312 e. The largest absolute Gasteiger partial charge is 0.507 e. The van der Waals surface area contributed by atoms with Crippen molar-refractivity contribution >= 4 is 45.2 Å². The predicted octanol–water partition coefficient (Wildman–Crippen LogP) is 7.94. The molecule has 4 aliphatic rings. The fourth-order valence-corrected chi connectivity index (χ4v) is 8.81. The highest BCUT2D eigenvalue weighted by molar-refractivity contribution is 6.22. The van der Waals surface area contributed by atoms with Gasteiger partial charge in [-0.15, -0.1) is 0 Å². The van der Waals surface area contributed by atoms with Gasteiger partial charge in [0.25, 0.3) is 11.7 Å². The number of allylic oxidation sites excluding steroid dienone is 2. The Balaban J connectivity index is 1.54. The van der Waals surface area contributed by atoms with Crippen molar-refractivity contribution in [2.75, 3.05) is 39.7 Å². The molecule has 2 aromatic carbocycles. The molecule has 15 heteroatoms. The van der Waals surface area contributed by atoms with E-state index in [0.29, 0.717) is 17.9 Å². The zero-order valence-corrected chi connectivity index (χ0v) is 39.4. The van der Waals surface area contributed by atoms with E-state index in [9.17, 15) is 29.4 Å². The Kier molecular flexibility index (Phi) is 14.8. The van der Waals surface area contributed by atoms with E-state index in [1.807, 2.05) is 48.7 Å². The number of nitrogens with zero attached hydrogens (tertiary/aromatic N) is 2. The molecule has 0 radical (unpaired) electrons. The number of ketones is 1. The van der Waals surface area contributed by atoms with Gasteiger partial charge in [0.15, 0.2) is 11.3 Å². The number of methoxy groups -OCH3 is 1. The molecule has 15 nitrogen and oxygen atoms in total. The van der Waals surface area contributed by atoms with Crippen LogP contribution in [-0.2, 0) is 23.8 Å². The third-order valence-electron chi connectivity index (χ3n) is 13.2. The summed E-state index contributed by atoms with van der Waals surface area (Å²) in [6.07, 6.45) is 7.51. The molecule has 3 N–H and O–H groups in total. The molecule has 0 unspecified atom stereocenters. The Morgan fingerprint density at radius 2 is 1.71 bits per heavy atom. The summed E-state index contributed by atoms with van der Waals surface area (Å²) < 4.78 is 36.7. The number of rotatable bonds is 8. The molecular formula is C50H63N3O12. The lowest BCUT2D eigenvalue weighted by Crippen LogP contribution is -2.43. The number of phenols is 1. The van der Waals surface area contributed by atoms with Gasteiger partial charge in [0, 0.05) is 55.4 Å². The van der Waals surface area contributed by atoms with Crippen molar-refractivity contribution in [1.29, 1.82) is 0 Å². The first-order valence-corrected chi connectivity index (χ1v) is 22.2. The summed E-state index contributed by atoms with van der Waals surface area (Å²) in [5.74, 6) is -5.39. The number of aliphatic hydroxyl groups is 1. The molecule has 0 saturated heterocycles. The number of carbonyl (C=O) groups excluding carboxylic acids is 3. The van der Waals surface area contributed by atoms with Crippen molar-refractivity contribution in [3.05, 3.63) is 75.7 Å². The minimum Gasteiger partial charge on any atom is -0.507 e. The number of anilines is 1. The van der Waals surface area contributed by atoms with Crippen molar-refractivity contribution in [3.8, 4) is 28.7 Å². The number of hydrogen-bond donors (Lipinski definition) is 3. The summed E-state index contributed by atoms with van der Waals surface area (Å²) in [4.78, 5) is 63.0. The van der Waals surface area contributed by atoms with Gasteiger partial charge in [-0.25, -0.2) is 4.98 Å². The number of fused-ring (bicyclic) bond motifs is 2. The van der Waals surface area contributed by atoms with Crippen LogP contribution in [0.5, 0.6) is 17.2 Å². The Morgan fingerprint density at radius 3 is 2.38 bits per heavy atom. The molecule has 6 rings (SSSR count). The average Bonchev–Trinajstić information content (AvgIpc) is 3.53. The summed E-state index contributed by atoms with van der Waals surface area (Å²) >= 11 is 0. The first-order valence-electron chi connectivity index (χ1n) is 22.2. The lowest BCUT2D eigenvalue weighted by molar-refractivity contribution is -0.157. The smallest absolute Gasteiger partial charge is 0.312 e. The molecule has 9 atom stereocenters. The van der Waals surface area contributed by atoms with Gasteiger partial charge in [0.1, 0.15) is 40.3 Å². The Morgan fingerprint density at radius 1 is 0.985 bits per heavy atom. The van der Waals surface area contributed by atoms with Crippen molar-refractivity contribution in [2.24, 2.45) is 29.6 Å². The van der Waals surface area contributed by atoms with E-state index in [0.717, 1.165) is 19.4 Å². The Labute approximate surface area is 379 Å². The Bertz CT molecular complexity index is 2580. The highest BCUT2D eigenvalue weighted by atomic mass is 16.7. The van der Waals surface area contributed by atoms with Crippen LogP contribution in [0.3, 0.4) is 0 Å². The molecule has 1 aliphatic carbocycles. The molecule has 1 amide bonds. The molecule has 65 heavy (non-hydrogen) atoms. The van der Waals surface area contributed by atoms with Crippen LogP contribution < -0.4 is 20.2 Å². The number of amides is 1. The van der Waals surface area contributed by atoms with E-state index in [2.05, 4.69) is 10.2 Å². The van der Waals surface area contributed by atoms with E-state index >= 15 is 0 Å². The highest BCUT2D eigenvalue weighted by Gasteiger charge is 2.50. The second kappa shape index (κ2) is 19.8. The summed E-state index contributed by atoms with van der Waals surface area (Å²) in [7, 11) is 5.53. The summed E-state index contributed by atoms with van der Waals surface area (Å²) in [5.41, 5.74) is -0.317. The van der Waals surface area contributed by atoms with E-state index in [4.69, 9.17) is 33.1 Å². The number of Topliss-reactive ketones (excluding diaryl/α,β-unsaturated/α-hetero) is 1. The third-order valence-corrected chi connectivity index (χ3v) is 13.2. The molecule has 350 valence electrons. The summed E-state index contributed by atoms with van der Waals surface area (Å²) in [6, 6.07) is 5.07. The van der Waals surface area contributed by atoms with Crippen LogP contribution in [0.15, 0.2) is 63.6 Å². The van der Waals surface area contributed by atoms with Crippen molar-refractivity contribution in [2.45, 2.75) is 99.3 Å². The maximum absolute atomic E-state index is 14.8. The van der Waals surface area contributed by atoms with Gasteiger partial charge in [0.2, 0.25) is 5.43 Å². The molecule has 3 heterocycles. The standard InChI is InChI=1S/C50H63N3O12/c1-25-16-15-17-26(2)49(59)52-41-44(57)38-37(40-47(41)64-36-24-33(18-19-34(36)51-40)61-22-14-13-21-53(10)11)39-46(31(7)43(38)56)65-50(9,48(39)58)62-23-20-35(60-12)30(6)45(63-32(8)54)29(5)27(3)28(4)42(25)55/h15-20,23-25,27-30,35,42,45,55-56H,13-14,21-22H2,1-12H3,(H,52,59)/b16-15+,23-20+,26-17-/t25-,27+,28-,29+,30+,35-,42-,45-,50-/m0/s1. The monoisotopic (exact) mass is 897 g/mol. The zero-order valence-electron chi connectivity index (χ0n) is 39.4. The van der Waals surface area contributed by atoms with Crippen molar-refractivity contribution in [3.63, 3.8) is 0 Å². The zero-order chi connectivity index (χ0) is 47.7. The number of phenolic OH excluding ortho intramolecular Hbond substituents is 1. The van der Waals surface area contributed by atoms with Gasteiger partial charge in [0.05, 0.1) is 36.0 Å². The van der Waals surface area contributed by atoms with Crippen molar-refractivity contribution in [1.82, 2.24) is 9.88 Å². The number of esters is 1. The lowest BCUT2D eigenvalue weighted by Gasteiger charge is -2.39. The topological polar surface area (TPSA) is 196 Å². The number of nitrogens with one attached hydrogen (secondary N) is 1. The number of unbranched alkanes of at least 4 members (excludes halogenated alkanes) is 1. The van der Waals surface area contributed by atoms with Gasteiger partial charge < -0.3 is 48.5 Å². The summed E-state index contributed by atoms with van der Waals surface area (Å²) in [5, 5.41) is 25.8. The van der Waals surface area contributed by atoms with E-state index in [1.165, 1.54) is 34.1 Å². The minimum absolute atomic E-state index is 0.00379. The second-order valence-corrected chi connectivity index (χ2v) is 18.1. The fourth-order valence-electron chi connectivity index (χ4n) is 8.81. The van der Waals surface area contributed by atoms with E-state index < -0.39 is 58.9 Å². The molecule has 3 aliphatic heterocycles. The maximum atomic E-state index is 14.8. The van der Waals surface area contributed by atoms with Gasteiger partial charge in [-0.2, -0.15) is 0 Å². The van der Waals surface area contributed by atoms with Gasteiger partial charge >= 0.3 is 11.8 Å². The quantitative estimate of drug-likeness (QED) is 0.0667. The molecule has 0 spiro atoms. The number of aromatic hydroxyl groups is 1. The van der Waals surface area contributed by atoms with Crippen LogP contribution in [0.1, 0.15) is 84.2 Å². The van der Waals surface area contributed by atoms with Crippen LogP contribution in [0.2, 0.25) is 0 Å². The van der Waals surface area contributed by atoms with Crippen molar-refractivity contribution < 1.29 is 52.7 Å². The molecule has 0 fully saturated rings. The van der Waals surface area contributed by atoms with Crippen LogP contribution in [-0.4, -0.2) is 96.2 Å². The van der Waals surface area contributed by atoms with Crippen LogP contribution >= 0.6 is 0 Å². The van der Waals surface area contributed by atoms with Gasteiger partial charge in [-0.05, 0) is 83.3 Å². The second-order valence-electron chi connectivity index (χ2n) is 18.1. The SMILES string of the molecule is CO[C@H]1/C=C/O[C@@]2(C)Oc3c(C)c(O)c4c(=O)c(c5oc6cc(OCCCCN(C)C)ccc6nc-5c4c3C2=O)NC(=O)/C(C)=C\C=C\[C@H](C)[C@H](O)[C@@H](C)[C@@H](C)[C@@H](C)[C@H](OC(C)=O)[C@@H]1C. The van der Waals surface area contributed by atoms with E-state index in [-0.39, 0.29) is 79.6 Å². The van der Waals surface area contributed by atoms with Crippen LogP contribution in [0.4, 0.5) is 5.69 Å². The highest BCUT2D eigenvalue weighted by Crippen LogP contribution is 2.50. The normalized spacial score (nSPS) is 28.5. The minimum atomic E-state index is -2.00. The number of aliphatic hydroxyl groups excluding tert-OH is 1. The number of hydrogen-bond acceptors (Lipinski definition) is 14. The molecule has 0 aromatic heterocycles. The first-order chi connectivity index (χ1) is 30.7. The predicted molar refractivity (Wildman–Crippen MR) is 247 cm³/mol. The first kappa shape index (κ1) is 48.7. The number of ether oxygens (including phenoxy) is 5. The fraction of sp³-hybridized carbons (Fsp3) is 0.500. The summed E-state index contributed by atoms with van der Waals surface area (Å²) in [6.45, 7) is 16.9. The van der Waals surface area contributed by atoms with E-state index in [1.54, 1.807) is 49.4 Å². The molecule has 4 bridgehead atoms. The molecule has 0 saturated carbocycles. The van der Waals surface area contributed by atoms with Gasteiger partial charge in [-0.1, -0.05) is 52.8 Å². The lowest BCUT2D eigenvalue weighted by atomic mass is 9.73. The average molecular weight is 898 g/mol. The number of benzene rings is 3. The van der Waals surface area contributed by atoms with Crippen LogP contribution in [0, 0.1) is 36.5 Å². The van der Waals surface area contributed by atoms with Crippen LogP contribution in [0.25, 0.3) is 33.3 Å². The third kappa shape index (κ3) is 9.78. The molecular weight excluding hydrogens is 835 g/mol. The number of aromatic nitrogens is 1.